The number of amides is 2. The van der Waals surface area contributed by atoms with E-state index < -0.39 is 5.97 Å². The molecule has 104 valence electrons. The molecule has 7 heteroatoms. The highest BCUT2D eigenvalue weighted by Gasteiger charge is 2.10. The molecule has 0 bridgehead atoms. The van der Waals surface area contributed by atoms with Crippen LogP contribution >= 0.6 is 31.9 Å². The van der Waals surface area contributed by atoms with Crippen LogP contribution < -0.4 is 10.6 Å². The molecule has 0 saturated carbocycles. The van der Waals surface area contributed by atoms with Crippen molar-refractivity contribution in [3.05, 3.63) is 27.1 Å². The van der Waals surface area contributed by atoms with Crippen molar-refractivity contribution in [3.63, 3.8) is 0 Å². The van der Waals surface area contributed by atoms with Gasteiger partial charge in [0.05, 0.1) is 5.69 Å². The number of carboxylic acids is 1. The summed E-state index contributed by atoms with van der Waals surface area (Å²) in [5.41, 5.74) is 0.636. The number of hydrogen-bond donors (Lipinski definition) is 3. The Balaban J connectivity index is 2.50. The molecule has 0 spiro atoms. The summed E-state index contributed by atoms with van der Waals surface area (Å²) in [5, 5.41) is 13.9. The number of anilines is 1. The lowest BCUT2D eigenvalue weighted by Crippen LogP contribution is -2.36. The number of carboxylic acid groups (broad SMARTS) is 1. The van der Waals surface area contributed by atoms with Crippen molar-refractivity contribution in [2.45, 2.75) is 25.8 Å². The molecule has 5 nitrogen and oxygen atoms in total. The topological polar surface area (TPSA) is 78.4 Å². The zero-order valence-electron chi connectivity index (χ0n) is 10.2. The molecule has 0 fully saturated rings. The Kier molecular flexibility index (Phi) is 6.30. The van der Waals surface area contributed by atoms with E-state index in [4.69, 9.17) is 5.11 Å². The smallest absolute Gasteiger partial charge is 0.319 e. The van der Waals surface area contributed by atoms with Crippen LogP contribution in [-0.2, 0) is 4.79 Å². The van der Waals surface area contributed by atoms with E-state index in [0.29, 0.717) is 12.1 Å². The van der Waals surface area contributed by atoms with Gasteiger partial charge in [-0.25, -0.2) is 4.79 Å². The number of carbonyl (C=O) groups is 2. The van der Waals surface area contributed by atoms with Gasteiger partial charge in [0.15, 0.2) is 0 Å². The Morgan fingerprint density at radius 2 is 2.05 bits per heavy atom. The van der Waals surface area contributed by atoms with Gasteiger partial charge in [-0.3, -0.25) is 4.79 Å². The van der Waals surface area contributed by atoms with Crippen LogP contribution in [0.2, 0.25) is 0 Å². The van der Waals surface area contributed by atoms with Crippen molar-refractivity contribution >= 4 is 49.5 Å². The summed E-state index contributed by atoms with van der Waals surface area (Å²) in [7, 11) is 0. The van der Waals surface area contributed by atoms with Crippen molar-refractivity contribution in [1.82, 2.24) is 5.32 Å². The normalized spacial score (nSPS) is 11.7. The number of aliphatic carboxylic acids is 1. The van der Waals surface area contributed by atoms with Crippen LogP contribution in [-0.4, -0.2) is 23.1 Å². The van der Waals surface area contributed by atoms with Gasteiger partial charge in [0.1, 0.15) is 0 Å². The van der Waals surface area contributed by atoms with Crippen LogP contribution in [0.3, 0.4) is 0 Å². The number of benzene rings is 1. The molecule has 1 aromatic rings. The highest BCUT2D eigenvalue weighted by atomic mass is 79.9. The third-order valence-corrected chi connectivity index (χ3v) is 3.53. The number of halogens is 2. The van der Waals surface area contributed by atoms with Crippen molar-refractivity contribution in [2.24, 2.45) is 0 Å². The third kappa shape index (κ3) is 6.07. The molecular formula is C12H14Br2N2O3. The molecule has 3 N–H and O–H groups in total. The van der Waals surface area contributed by atoms with Gasteiger partial charge in [-0.1, -0.05) is 15.9 Å². The standard InChI is InChI=1S/C12H14Br2N2O3/c1-7(2-5-11(17)18)15-12(19)16-10-6-8(13)3-4-9(10)14/h3-4,6-7H,2,5H2,1H3,(H,17,18)(H2,15,16,19). The second-order valence-corrected chi connectivity index (χ2v) is 5.83. The van der Waals surface area contributed by atoms with Gasteiger partial charge in [-0.05, 0) is 47.5 Å². The Labute approximate surface area is 128 Å². The molecule has 0 saturated heterocycles. The molecule has 2 amide bonds. The summed E-state index contributed by atoms with van der Waals surface area (Å²) >= 11 is 6.65. The SMILES string of the molecule is CC(CCC(=O)O)NC(=O)Nc1cc(Br)ccc1Br. The van der Waals surface area contributed by atoms with Gasteiger partial charge in [0, 0.05) is 21.4 Å². The van der Waals surface area contributed by atoms with Gasteiger partial charge >= 0.3 is 12.0 Å². The van der Waals surface area contributed by atoms with Crippen LogP contribution in [0.1, 0.15) is 19.8 Å². The molecule has 1 aromatic carbocycles. The largest absolute Gasteiger partial charge is 0.481 e. The molecule has 0 aliphatic heterocycles. The number of nitrogens with one attached hydrogen (secondary N) is 2. The zero-order valence-corrected chi connectivity index (χ0v) is 13.4. The molecule has 19 heavy (non-hydrogen) atoms. The quantitative estimate of drug-likeness (QED) is 0.715. The predicted octanol–water partition coefficient (Wildman–Crippen LogP) is 3.59. The van der Waals surface area contributed by atoms with Crippen LogP contribution in [0.4, 0.5) is 10.5 Å². The van der Waals surface area contributed by atoms with Crippen molar-refractivity contribution in [2.75, 3.05) is 5.32 Å². The number of rotatable bonds is 5. The van der Waals surface area contributed by atoms with E-state index in [1.54, 1.807) is 13.0 Å². The van der Waals surface area contributed by atoms with Crippen LogP contribution in [0.5, 0.6) is 0 Å². The lowest BCUT2D eigenvalue weighted by atomic mass is 10.2. The number of hydrogen-bond acceptors (Lipinski definition) is 2. The summed E-state index contributed by atoms with van der Waals surface area (Å²) in [6, 6.07) is 4.86. The predicted molar refractivity (Wildman–Crippen MR) is 80.3 cm³/mol. The highest BCUT2D eigenvalue weighted by Crippen LogP contribution is 2.25. The van der Waals surface area contributed by atoms with E-state index in [1.807, 2.05) is 12.1 Å². The monoisotopic (exact) mass is 392 g/mol. The Bertz CT molecular complexity index is 480. The Hall–Kier alpha value is -1.08. The zero-order chi connectivity index (χ0) is 14.4. The first-order valence-corrected chi connectivity index (χ1v) is 7.21. The van der Waals surface area contributed by atoms with Crippen molar-refractivity contribution in [1.29, 1.82) is 0 Å². The molecule has 1 unspecified atom stereocenters. The molecule has 0 radical (unpaired) electrons. The first-order valence-electron chi connectivity index (χ1n) is 5.63. The number of carbonyl (C=O) groups excluding carboxylic acids is 1. The fourth-order valence-corrected chi connectivity index (χ4v) is 2.09. The average Bonchev–Trinajstić information content (AvgIpc) is 2.31. The van der Waals surface area contributed by atoms with E-state index in [2.05, 4.69) is 42.5 Å². The Morgan fingerprint density at radius 3 is 2.68 bits per heavy atom. The first kappa shape index (κ1) is 16.0. The van der Waals surface area contributed by atoms with E-state index in [0.717, 1.165) is 8.95 Å². The van der Waals surface area contributed by atoms with Gasteiger partial charge < -0.3 is 15.7 Å². The summed E-state index contributed by atoms with van der Waals surface area (Å²) in [6.45, 7) is 1.76. The maximum atomic E-state index is 11.7. The summed E-state index contributed by atoms with van der Waals surface area (Å²) in [4.78, 5) is 22.1. The maximum absolute atomic E-state index is 11.7. The highest BCUT2D eigenvalue weighted by molar-refractivity contribution is 9.11. The Morgan fingerprint density at radius 1 is 1.37 bits per heavy atom. The van der Waals surface area contributed by atoms with E-state index >= 15 is 0 Å². The van der Waals surface area contributed by atoms with Crippen molar-refractivity contribution in [3.8, 4) is 0 Å². The number of urea groups is 1. The minimum absolute atomic E-state index is 0.0298. The van der Waals surface area contributed by atoms with Gasteiger partial charge in [-0.15, -0.1) is 0 Å². The van der Waals surface area contributed by atoms with E-state index in [-0.39, 0.29) is 18.5 Å². The minimum atomic E-state index is -0.871. The van der Waals surface area contributed by atoms with Gasteiger partial charge in [0.25, 0.3) is 0 Å². The minimum Gasteiger partial charge on any atom is -0.481 e. The van der Waals surface area contributed by atoms with E-state index in [9.17, 15) is 9.59 Å². The van der Waals surface area contributed by atoms with Gasteiger partial charge in [0.2, 0.25) is 0 Å². The molecule has 1 rings (SSSR count). The van der Waals surface area contributed by atoms with Crippen LogP contribution in [0.25, 0.3) is 0 Å². The molecule has 0 aromatic heterocycles. The van der Waals surface area contributed by atoms with Crippen LogP contribution in [0.15, 0.2) is 27.1 Å². The summed E-state index contributed by atoms with van der Waals surface area (Å²) in [5.74, 6) is -0.871. The fraction of sp³-hybridized carbons (Fsp3) is 0.333. The van der Waals surface area contributed by atoms with Gasteiger partial charge in [-0.2, -0.15) is 0 Å². The molecular weight excluding hydrogens is 380 g/mol. The molecule has 1 atom stereocenters. The second kappa shape index (κ2) is 7.49. The average molecular weight is 394 g/mol. The summed E-state index contributed by atoms with van der Waals surface area (Å²) < 4.78 is 1.62. The fourth-order valence-electron chi connectivity index (χ4n) is 1.39. The summed E-state index contributed by atoms with van der Waals surface area (Å²) in [6.07, 6.45) is 0.421. The maximum Gasteiger partial charge on any atom is 0.319 e. The lowest BCUT2D eigenvalue weighted by molar-refractivity contribution is -0.137. The lowest BCUT2D eigenvalue weighted by Gasteiger charge is -2.14. The van der Waals surface area contributed by atoms with Crippen molar-refractivity contribution < 1.29 is 14.7 Å². The third-order valence-electron chi connectivity index (χ3n) is 2.35. The molecule has 0 aliphatic carbocycles. The first-order chi connectivity index (χ1) is 8.88. The second-order valence-electron chi connectivity index (χ2n) is 4.06. The van der Waals surface area contributed by atoms with Crippen LogP contribution in [0, 0.1) is 0 Å². The van der Waals surface area contributed by atoms with E-state index in [1.165, 1.54) is 0 Å². The molecule has 0 heterocycles. The molecule has 0 aliphatic rings.